The Morgan fingerprint density at radius 3 is 2.44 bits per heavy atom. The standard InChI is InChI=1S/C28H40N4O5S.ClH/c1-20(2)17-22(24(34)25-30-31-27(37-25)38-16-15-32(3)4)29-26(35)28(13-9-6-10-14-28)23(33)19-36-18-21-11-7-5-8-12-21;/h5,7-8,11-12,20,22H,6,9-10,13-19H2,1-4H3,(H,29,35);1H. The lowest BCUT2D eigenvalue weighted by atomic mass is 9.70. The van der Waals surface area contributed by atoms with Gasteiger partial charge in [0, 0.05) is 12.3 Å². The van der Waals surface area contributed by atoms with Gasteiger partial charge in [-0.15, -0.1) is 22.6 Å². The van der Waals surface area contributed by atoms with Crippen LogP contribution in [0.15, 0.2) is 40.0 Å². The summed E-state index contributed by atoms with van der Waals surface area (Å²) in [6, 6.07) is 8.75. The van der Waals surface area contributed by atoms with E-state index >= 15 is 0 Å². The van der Waals surface area contributed by atoms with Crippen molar-refractivity contribution in [2.24, 2.45) is 11.3 Å². The Balaban J connectivity index is 0.00000533. The molecule has 1 aromatic carbocycles. The summed E-state index contributed by atoms with van der Waals surface area (Å²) < 4.78 is 11.3. The molecule has 0 radical (unpaired) electrons. The largest absolute Gasteiger partial charge is 0.408 e. The van der Waals surface area contributed by atoms with Crippen molar-refractivity contribution in [3.63, 3.8) is 0 Å². The number of ketones is 2. The number of Topliss-reactive ketones (excluding diaryl/α,β-unsaturated/α-hetero) is 2. The van der Waals surface area contributed by atoms with Gasteiger partial charge in [-0.25, -0.2) is 0 Å². The molecule has 1 saturated carbocycles. The Bertz CT molecular complexity index is 1060. The van der Waals surface area contributed by atoms with Gasteiger partial charge in [0.05, 0.1) is 12.6 Å². The Morgan fingerprint density at radius 2 is 1.79 bits per heavy atom. The third-order valence-electron chi connectivity index (χ3n) is 6.73. The van der Waals surface area contributed by atoms with Gasteiger partial charge in [-0.2, -0.15) is 0 Å². The number of halogens is 1. The second-order valence-corrected chi connectivity index (χ2v) is 11.6. The van der Waals surface area contributed by atoms with Gasteiger partial charge in [0.25, 0.3) is 11.1 Å². The number of amides is 1. The number of nitrogens with one attached hydrogen (secondary N) is 1. The second kappa shape index (κ2) is 16.1. The number of hydrogen-bond donors (Lipinski definition) is 1. The van der Waals surface area contributed by atoms with E-state index in [2.05, 4.69) is 15.5 Å². The third-order valence-corrected chi connectivity index (χ3v) is 7.53. The molecule has 1 unspecified atom stereocenters. The molecule has 1 heterocycles. The molecule has 1 aliphatic rings. The molecule has 3 rings (SSSR count). The maximum atomic E-state index is 13.7. The zero-order valence-corrected chi connectivity index (χ0v) is 24.9. The Labute approximate surface area is 241 Å². The minimum atomic E-state index is -1.20. The van der Waals surface area contributed by atoms with E-state index in [1.165, 1.54) is 11.8 Å². The second-order valence-electron chi connectivity index (χ2n) is 10.6. The predicted molar refractivity (Wildman–Crippen MR) is 153 cm³/mol. The third kappa shape index (κ3) is 9.70. The van der Waals surface area contributed by atoms with Crippen molar-refractivity contribution in [1.29, 1.82) is 0 Å². The molecule has 1 aromatic heterocycles. The van der Waals surface area contributed by atoms with Gasteiger partial charge in [-0.1, -0.05) is 75.2 Å². The molecule has 216 valence electrons. The number of rotatable bonds is 15. The van der Waals surface area contributed by atoms with Crippen LogP contribution in [0.3, 0.4) is 0 Å². The predicted octanol–water partition coefficient (Wildman–Crippen LogP) is 4.60. The van der Waals surface area contributed by atoms with E-state index in [1.54, 1.807) is 0 Å². The van der Waals surface area contributed by atoms with E-state index in [-0.39, 0.29) is 36.6 Å². The summed E-state index contributed by atoms with van der Waals surface area (Å²) in [5, 5.41) is 11.2. The molecule has 0 aliphatic heterocycles. The van der Waals surface area contributed by atoms with Crippen molar-refractivity contribution in [1.82, 2.24) is 20.4 Å². The molecule has 1 N–H and O–H groups in total. The van der Waals surface area contributed by atoms with E-state index < -0.39 is 23.1 Å². The maximum Gasteiger partial charge on any atom is 0.286 e. The molecule has 1 atom stereocenters. The van der Waals surface area contributed by atoms with E-state index in [0.717, 1.165) is 37.1 Å². The van der Waals surface area contributed by atoms with Crippen molar-refractivity contribution < 1.29 is 23.5 Å². The highest BCUT2D eigenvalue weighted by Crippen LogP contribution is 2.38. The molecule has 1 aliphatic carbocycles. The lowest BCUT2D eigenvalue weighted by Gasteiger charge is -2.35. The molecule has 2 aromatic rings. The first-order chi connectivity index (χ1) is 18.2. The first-order valence-electron chi connectivity index (χ1n) is 13.3. The number of carbonyl (C=O) groups is 3. The van der Waals surface area contributed by atoms with Crippen LogP contribution in [0.4, 0.5) is 0 Å². The van der Waals surface area contributed by atoms with Crippen LogP contribution >= 0.6 is 24.2 Å². The normalized spacial score (nSPS) is 15.5. The SMILES string of the molecule is CC(C)CC(NC(=O)C1(C(=O)COCc2ccccc2)CCCCC1)C(=O)c1nnc(SCCN(C)C)o1.Cl. The Kier molecular flexibility index (Phi) is 13.6. The van der Waals surface area contributed by atoms with Gasteiger partial charge in [0.1, 0.15) is 12.0 Å². The molecular formula is C28H41ClN4O5S. The number of ether oxygens (including phenoxy) is 1. The van der Waals surface area contributed by atoms with Gasteiger partial charge in [0.2, 0.25) is 11.7 Å². The van der Waals surface area contributed by atoms with Crippen LogP contribution in [0.1, 0.15) is 68.6 Å². The highest BCUT2D eigenvalue weighted by Gasteiger charge is 2.47. The maximum absolute atomic E-state index is 13.7. The molecular weight excluding hydrogens is 540 g/mol. The van der Waals surface area contributed by atoms with E-state index in [4.69, 9.17) is 9.15 Å². The average molecular weight is 581 g/mol. The van der Waals surface area contributed by atoms with Gasteiger partial charge in [-0.05, 0) is 44.8 Å². The number of nitrogens with zero attached hydrogens (tertiary/aromatic N) is 3. The minimum absolute atomic E-state index is 0. The highest BCUT2D eigenvalue weighted by atomic mass is 35.5. The van der Waals surface area contributed by atoms with E-state index in [9.17, 15) is 14.4 Å². The summed E-state index contributed by atoms with van der Waals surface area (Å²) in [6.45, 7) is 4.92. The van der Waals surface area contributed by atoms with Crippen LogP contribution in [-0.2, 0) is 20.9 Å². The number of aromatic nitrogens is 2. The van der Waals surface area contributed by atoms with Crippen LogP contribution in [0.5, 0.6) is 0 Å². The van der Waals surface area contributed by atoms with Crippen LogP contribution in [0.2, 0.25) is 0 Å². The van der Waals surface area contributed by atoms with Gasteiger partial charge in [0.15, 0.2) is 5.78 Å². The molecule has 39 heavy (non-hydrogen) atoms. The van der Waals surface area contributed by atoms with Crippen LogP contribution < -0.4 is 5.32 Å². The van der Waals surface area contributed by atoms with E-state index in [0.29, 0.717) is 31.1 Å². The molecule has 1 fully saturated rings. The van der Waals surface area contributed by atoms with Crippen molar-refractivity contribution in [3.05, 3.63) is 41.8 Å². The quantitative estimate of drug-likeness (QED) is 0.183. The van der Waals surface area contributed by atoms with Crippen LogP contribution in [0, 0.1) is 11.3 Å². The molecule has 11 heteroatoms. The summed E-state index contributed by atoms with van der Waals surface area (Å²) in [4.78, 5) is 42.5. The molecule has 1 amide bonds. The Hall–Kier alpha value is -2.27. The van der Waals surface area contributed by atoms with Crippen LogP contribution in [0.25, 0.3) is 0 Å². The monoisotopic (exact) mass is 580 g/mol. The van der Waals surface area contributed by atoms with Crippen molar-refractivity contribution in [3.8, 4) is 0 Å². The summed E-state index contributed by atoms with van der Waals surface area (Å²) in [6.07, 6.45) is 3.81. The van der Waals surface area contributed by atoms with Gasteiger partial charge >= 0.3 is 0 Å². The molecule has 0 saturated heterocycles. The summed E-state index contributed by atoms with van der Waals surface area (Å²) >= 11 is 1.38. The van der Waals surface area contributed by atoms with Gasteiger partial charge in [-0.3, -0.25) is 14.4 Å². The molecule has 0 spiro atoms. The van der Waals surface area contributed by atoms with Gasteiger partial charge < -0.3 is 19.4 Å². The van der Waals surface area contributed by atoms with E-state index in [1.807, 2.05) is 63.2 Å². The molecule has 9 nitrogen and oxygen atoms in total. The zero-order valence-electron chi connectivity index (χ0n) is 23.3. The fourth-order valence-electron chi connectivity index (χ4n) is 4.59. The number of thioether (sulfide) groups is 1. The van der Waals surface area contributed by atoms with Crippen LogP contribution in [-0.4, -0.2) is 71.6 Å². The lowest BCUT2D eigenvalue weighted by molar-refractivity contribution is -0.148. The topological polar surface area (TPSA) is 115 Å². The van der Waals surface area contributed by atoms with Crippen molar-refractivity contribution in [2.75, 3.05) is 33.0 Å². The number of hydrogen-bond acceptors (Lipinski definition) is 9. The lowest BCUT2D eigenvalue weighted by Crippen LogP contribution is -2.53. The fraction of sp³-hybridized carbons (Fsp3) is 0.607. The van der Waals surface area contributed by atoms with Crippen molar-refractivity contribution >= 4 is 41.6 Å². The average Bonchev–Trinajstić information content (AvgIpc) is 3.37. The first kappa shape index (κ1) is 32.9. The molecule has 0 bridgehead atoms. The summed E-state index contributed by atoms with van der Waals surface area (Å²) in [7, 11) is 3.95. The number of benzene rings is 1. The zero-order chi connectivity index (χ0) is 27.5. The Morgan fingerprint density at radius 1 is 1.10 bits per heavy atom. The smallest absolute Gasteiger partial charge is 0.286 e. The fourth-order valence-corrected chi connectivity index (χ4v) is 5.46. The summed E-state index contributed by atoms with van der Waals surface area (Å²) in [5.74, 6) is -0.348. The van der Waals surface area contributed by atoms with Crippen molar-refractivity contribution in [2.45, 2.75) is 70.2 Å². The highest BCUT2D eigenvalue weighted by molar-refractivity contribution is 7.99. The summed E-state index contributed by atoms with van der Waals surface area (Å²) in [5.41, 5.74) is -0.240. The number of carbonyl (C=O) groups excluding carboxylic acids is 3. The minimum Gasteiger partial charge on any atom is -0.408 e. The first-order valence-corrected chi connectivity index (χ1v) is 14.3.